The molecule has 1 fully saturated rings. The molecule has 2 N–H and O–H groups in total. The average Bonchev–Trinajstić information content (AvgIpc) is 3.30. The van der Waals surface area contributed by atoms with Gasteiger partial charge in [0.2, 0.25) is 5.91 Å². The smallest absolute Gasteiger partial charge is 0.230 e. The summed E-state index contributed by atoms with van der Waals surface area (Å²) >= 11 is 0. The van der Waals surface area contributed by atoms with E-state index in [4.69, 9.17) is 5.11 Å². The first-order chi connectivity index (χ1) is 12.3. The van der Waals surface area contributed by atoms with Crippen molar-refractivity contribution in [3.8, 4) is 0 Å². The summed E-state index contributed by atoms with van der Waals surface area (Å²) in [4.78, 5) is 15.0. The van der Waals surface area contributed by atoms with Gasteiger partial charge in [-0.3, -0.25) is 14.6 Å². The lowest BCUT2D eigenvalue weighted by Crippen LogP contribution is -2.41. The van der Waals surface area contributed by atoms with Gasteiger partial charge in [-0.25, -0.2) is 0 Å². The highest BCUT2D eigenvalue weighted by Gasteiger charge is 2.33. The van der Waals surface area contributed by atoms with Gasteiger partial charge in [0.25, 0.3) is 0 Å². The summed E-state index contributed by atoms with van der Waals surface area (Å²) in [6, 6.07) is 2.04. The Morgan fingerprint density at radius 3 is 2.96 bits per heavy atom. The van der Waals surface area contributed by atoms with Crippen molar-refractivity contribution in [1.29, 1.82) is 0 Å². The van der Waals surface area contributed by atoms with E-state index < -0.39 is 0 Å². The maximum Gasteiger partial charge on any atom is 0.230 e. The first kappa shape index (κ1) is 16.3. The maximum absolute atomic E-state index is 13.0. The topological polar surface area (TPSA) is 87.0 Å². The van der Waals surface area contributed by atoms with Crippen LogP contribution in [0.25, 0.3) is 0 Å². The second-order valence-corrected chi connectivity index (χ2v) is 7.05. The van der Waals surface area contributed by atoms with Crippen molar-refractivity contribution in [3.05, 3.63) is 35.4 Å². The number of amides is 1. The summed E-state index contributed by atoms with van der Waals surface area (Å²) in [5.74, 6) is 0.637. The number of hydrogen-bond acceptors (Lipinski definition) is 4. The number of H-pyrrole nitrogens is 1. The molecule has 0 aromatic carbocycles. The third-order valence-electron chi connectivity index (χ3n) is 5.63. The van der Waals surface area contributed by atoms with Gasteiger partial charge in [0, 0.05) is 42.2 Å². The number of piperidine rings is 1. The molecular weight excluding hydrogens is 318 g/mol. The number of nitrogens with zero attached hydrogens (tertiary/aromatic N) is 4. The highest BCUT2D eigenvalue weighted by atomic mass is 16.3. The van der Waals surface area contributed by atoms with E-state index in [9.17, 15) is 4.79 Å². The lowest BCUT2D eigenvalue weighted by Gasteiger charge is -2.35. The molecule has 0 saturated carbocycles. The Labute approximate surface area is 147 Å². The Balaban J connectivity index is 1.41. The fourth-order valence-electron chi connectivity index (χ4n) is 4.30. The molecule has 3 heterocycles. The van der Waals surface area contributed by atoms with Crippen molar-refractivity contribution in [1.82, 2.24) is 24.9 Å². The van der Waals surface area contributed by atoms with Gasteiger partial charge < -0.3 is 10.0 Å². The molecule has 2 aromatic heterocycles. The second-order valence-electron chi connectivity index (χ2n) is 7.05. The molecule has 1 aliphatic carbocycles. The molecule has 7 nitrogen and oxygen atoms in total. The molecule has 2 aliphatic rings. The molecule has 1 aliphatic heterocycles. The van der Waals surface area contributed by atoms with Crippen LogP contribution < -0.4 is 0 Å². The Morgan fingerprint density at radius 1 is 1.32 bits per heavy atom. The number of carbonyl (C=O) groups excluding carboxylic acids is 1. The summed E-state index contributed by atoms with van der Waals surface area (Å²) in [6.45, 7) is 2.21. The van der Waals surface area contributed by atoms with Crippen LogP contribution in [-0.4, -0.2) is 55.6 Å². The second kappa shape index (κ2) is 7.00. The van der Waals surface area contributed by atoms with Gasteiger partial charge in [-0.05, 0) is 38.2 Å². The van der Waals surface area contributed by atoms with Crippen molar-refractivity contribution < 1.29 is 9.90 Å². The fraction of sp³-hybridized carbons (Fsp3) is 0.611. The van der Waals surface area contributed by atoms with Crippen molar-refractivity contribution in [3.63, 3.8) is 0 Å². The number of hydrogen-bond donors (Lipinski definition) is 2. The van der Waals surface area contributed by atoms with Crippen LogP contribution >= 0.6 is 0 Å². The first-order valence-corrected chi connectivity index (χ1v) is 9.21. The molecule has 0 radical (unpaired) electrons. The van der Waals surface area contributed by atoms with Gasteiger partial charge in [-0.1, -0.05) is 0 Å². The van der Waals surface area contributed by atoms with E-state index in [0.717, 1.165) is 56.5 Å². The number of aliphatic hydroxyl groups excluding tert-OH is 1. The lowest BCUT2D eigenvalue weighted by atomic mass is 9.85. The zero-order chi connectivity index (χ0) is 17.2. The molecular formula is C18H25N5O2. The highest BCUT2D eigenvalue weighted by Crippen LogP contribution is 2.34. The summed E-state index contributed by atoms with van der Waals surface area (Å²) in [5, 5.41) is 20.6. The van der Waals surface area contributed by atoms with Crippen molar-refractivity contribution in [2.75, 3.05) is 19.7 Å². The van der Waals surface area contributed by atoms with Crippen molar-refractivity contribution in [2.24, 2.45) is 0 Å². The normalized spacial score (nSPS) is 21.3. The zero-order valence-electron chi connectivity index (χ0n) is 14.4. The standard InChI is InChI=1S/C18H25N5O2/c24-11-10-23-17(4-7-20-23)13-5-8-22(9-6-13)18(25)14-2-1-3-16-15(14)12-19-21-16/h4,7,12-14,24H,1-3,5-6,8-11H2,(H,19,21). The molecule has 0 bridgehead atoms. The largest absolute Gasteiger partial charge is 0.394 e. The molecule has 1 saturated heterocycles. The molecule has 0 spiro atoms. The number of likely N-dealkylation sites (tertiary alicyclic amines) is 1. The number of aromatic nitrogens is 4. The molecule has 7 heteroatoms. The van der Waals surface area contributed by atoms with E-state index in [1.165, 1.54) is 5.69 Å². The molecule has 1 unspecified atom stereocenters. The molecule has 1 atom stereocenters. The van der Waals surface area contributed by atoms with Crippen LogP contribution in [0.1, 0.15) is 54.5 Å². The SMILES string of the molecule is O=C(C1CCCc2[nH]ncc21)N1CCC(c2ccnn2CCO)CC1. The van der Waals surface area contributed by atoms with Crippen molar-refractivity contribution >= 4 is 5.91 Å². The average molecular weight is 343 g/mol. The van der Waals surface area contributed by atoms with Gasteiger partial charge in [-0.15, -0.1) is 0 Å². The Kier molecular flexibility index (Phi) is 4.57. The minimum Gasteiger partial charge on any atom is -0.394 e. The summed E-state index contributed by atoms with van der Waals surface area (Å²) in [5.41, 5.74) is 3.41. The van der Waals surface area contributed by atoms with Crippen LogP contribution in [0.3, 0.4) is 0 Å². The lowest BCUT2D eigenvalue weighted by molar-refractivity contribution is -0.134. The van der Waals surface area contributed by atoms with E-state index in [2.05, 4.69) is 15.3 Å². The summed E-state index contributed by atoms with van der Waals surface area (Å²) < 4.78 is 1.89. The molecule has 4 rings (SSSR count). The van der Waals surface area contributed by atoms with E-state index in [-0.39, 0.29) is 18.4 Å². The van der Waals surface area contributed by atoms with E-state index in [1.54, 1.807) is 6.20 Å². The Bertz CT molecular complexity index is 729. The van der Waals surface area contributed by atoms with Crippen LogP contribution in [0.2, 0.25) is 0 Å². The van der Waals surface area contributed by atoms with Gasteiger partial charge in [-0.2, -0.15) is 10.2 Å². The van der Waals surface area contributed by atoms with E-state index in [0.29, 0.717) is 12.5 Å². The number of aryl methyl sites for hydroxylation is 1. The predicted octanol–water partition coefficient (Wildman–Crippen LogP) is 1.42. The van der Waals surface area contributed by atoms with E-state index >= 15 is 0 Å². The summed E-state index contributed by atoms with van der Waals surface area (Å²) in [7, 11) is 0. The number of fused-ring (bicyclic) bond motifs is 1. The molecule has 1 amide bonds. The maximum atomic E-state index is 13.0. The van der Waals surface area contributed by atoms with E-state index in [1.807, 2.05) is 21.8 Å². The van der Waals surface area contributed by atoms with Crippen LogP contribution in [-0.2, 0) is 17.8 Å². The van der Waals surface area contributed by atoms with Crippen LogP contribution in [0.4, 0.5) is 0 Å². The number of aliphatic hydroxyl groups is 1. The third kappa shape index (κ3) is 3.08. The van der Waals surface area contributed by atoms with Crippen molar-refractivity contribution in [2.45, 2.75) is 50.5 Å². The fourth-order valence-corrected chi connectivity index (χ4v) is 4.30. The quantitative estimate of drug-likeness (QED) is 0.879. The first-order valence-electron chi connectivity index (χ1n) is 9.21. The molecule has 134 valence electrons. The predicted molar refractivity (Wildman–Crippen MR) is 92.1 cm³/mol. The monoisotopic (exact) mass is 343 g/mol. The van der Waals surface area contributed by atoms with Crippen LogP contribution in [0.5, 0.6) is 0 Å². The number of aromatic amines is 1. The minimum absolute atomic E-state index is 0.0287. The van der Waals surface area contributed by atoms with Gasteiger partial charge >= 0.3 is 0 Å². The Morgan fingerprint density at radius 2 is 2.16 bits per heavy atom. The molecule has 25 heavy (non-hydrogen) atoms. The van der Waals surface area contributed by atoms with Gasteiger partial charge in [0.1, 0.15) is 0 Å². The third-order valence-corrected chi connectivity index (χ3v) is 5.63. The van der Waals surface area contributed by atoms with Gasteiger partial charge in [0.05, 0.1) is 25.3 Å². The van der Waals surface area contributed by atoms with Crippen LogP contribution in [0.15, 0.2) is 18.5 Å². The number of rotatable bonds is 4. The minimum atomic E-state index is -0.0287. The zero-order valence-corrected chi connectivity index (χ0v) is 14.4. The number of nitrogens with one attached hydrogen (secondary N) is 1. The summed E-state index contributed by atoms with van der Waals surface area (Å²) in [6.07, 6.45) is 8.50. The Hall–Kier alpha value is -2.15. The molecule has 2 aromatic rings. The van der Waals surface area contributed by atoms with Gasteiger partial charge in [0.15, 0.2) is 0 Å². The highest BCUT2D eigenvalue weighted by molar-refractivity contribution is 5.84. The van der Waals surface area contributed by atoms with Crippen LogP contribution in [0, 0.1) is 0 Å². The number of carbonyl (C=O) groups is 1.